The van der Waals surface area contributed by atoms with Gasteiger partial charge in [0.25, 0.3) is 11.7 Å². The molecule has 190 valence electrons. The summed E-state index contributed by atoms with van der Waals surface area (Å²) in [6.07, 6.45) is 5.06. The smallest absolute Gasteiger partial charge is 0.295 e. The number of carbonyl (C=O) groups is 2. The number of halogens is 1. The number of pyridine rings is 1. The van der Waals surface area contributed by atoms with Crippen molar-refractivity contribution in [2.24, 2.45) is 4.99 Å². The fourth-order valence-electron chi connectivity index (χ4n) is 4.97. The zero-order valence-corrected chi connectivity index (χ0v) is 20.8. The van der Waals surface area contributed by atoms with E-state index in [-0.39, 0.29) is 30.3 Å². The first-order valence-electron chi connectivity index (χ1n) is 12.3. The molecule has 0 spiro atoms. The molecule has 0 bridgehead atoms. The van der Waals surface area contributed by atoms with E-state index in [0.29, 0.717) is 35.9 Å². The first-order chi connectivity index (χ1) is 18.5. The summed E-state index contributed by atoms with van der Waals surface area (Å²) < 4.78 is 15.1. The van der Waals surface area contributed by atoms with Crippen LogP contribution < -0.4 is 5.32 Å². The summed E-state index contributed by atoms with van der Waals surface area (Å²) in [4.78, 5) is 38.7. The van der Waals surface area contributed by atoms with Crippen molar-refractivity contribution in [1.29, 1.82) is 5.26 Å². The summed E-state index contributed by atoms with van der Waals surface area (Å²) in [7, 11) is 0. The molecule has 3 aromatic rings. The Morgan fingerprint density at radius 3 is 2.61 bits per heavy atom. The van der Waals surface area contributed by atoms with E-state index in [1.807, 2.05) is 54.4 Å². The minimum Gasteiger partial charge on any atom is -0.380 e. The molecule has 5 rings (SSSR count). The number of ketones is 1. The Hall–Kier alpha value is -4.84. The number of nitrogens with zero attached hydrogens (tertiary/aromatic N) is 5. The van der Waals surface area contributed by atoms with Gasteiger partial charge >= 0.3 is 0 Å². The normalized spacial score (nSPS) is 17.1. The van der Waals surface area contributed by atoms with Crippen LogP contribution in [0.2, 0.25) is 0 Å². The van der Waals surface area contributed by atoms with Crippen LogP contribution in [0.1, 0.15) is 18.1 Å². The van der Waals surface area contributed by atoms with Crippen molar-refractivity contribution in [2.75, 3.05) is 31.5 Å². The van der Waals surface area contributed by atoms with Crippen molar-refractivity contribution in [3.63, 3.8) is 0 Å². The highest BCUT2D eigenvalue weighted by molar-refractivity contribution is 6.54. The second-order valence-electron chi connectivity index (χ2n) is 9.08. The van der Waals surface area contributed by atoms with E-state index >= 15 is 4.39 Å². The van der Waals surface area contributed by atoms with Crippen LogP contribution in [0.3, 0.4) is 0 Å². The molecule has 1 N–H and O–H groups in total. The fraction of sp³-hybridized carbons (Fsp3) is 0.207. The van der Waals surface area contributed by atoms with Crippen LogP contribution in [0.4, 0.5) is 10.1 Å². The van der Waals surface area contributed by atoms with Gasteiger partial charge in [-0.15, -0.1) is 0 Å². The quantitative estimate of drug-likeness (QED) is 0.249. The number of rotatable bonds is 4. The number of nitriles is 1. The number of fused-ring (bicyclic) bond motifs is 1. The van der Waals surface area contributed by atoms with Gasteiger partial charge in [0.15, 0.2) is 0 Å². The van der Waals surface area contributed by atoms with Crippen LogP contribution in [0, 0.1) is 17.3 Å². The predicted molar refractivity (Wildman–Crippen MR) is 142 cm³/mol. The maximum absolute atomic E-state index is 15.1. The van der Waals surface area contributed by atoms with Gasteiger partial charge in [0, 0.05) is 60.7 Å². The van der Waals surface area contributed by atoms with E-state index in [9.17, 15) is 14.9 Å². The zero-order valence-electron chi connectivity index (χ0n) is 20.8. The first-order valence-corrected chi connectivity index (χ1v) is 12.3. The minimum atomic E-state index is -0.751. The van der Waals surface area contributed by atoms with E-state index in [1.165, 1.54) is 11.0 Å². The van der Waals surface area contributed by atoms with Gasteiger partial charge in [-0.25, -0.2) is 4.39 Å². The van der Waals surface area contributed by atoms with Gasteiger partial charge in [0.2, 0.25) is 6.19 Å². The van der Waals surface area contributed by atoms with Crippen molar-refractivity contribution in [1.82, 2.24) is 14.8 Å². The van der Waals surface area contributed by atoms with Crippen LogP contribution >= 0.6 is 0 Å². The molecule has 0 aliphatic carbocycles. The van der Waals surface area contributed by atoms with Crippen LogP contribution in [-0.2, 0) is 9.59 Å². The monoisotopic (exact) mass is 508 g/mol. The van der Waals surface area contributed by atoms with E-state index in [2.05, 4.69) is 15.3 Å². The van der Waals surface area contributed by atoms with E-state index < -0.39 is 17.5 Å². The lowest BCUT2D eigenvalue weighted by Gasteiger charge is -2.40. The lowest BCUT2D eigenvalue weighted by atomic mass is 9.91. The Kier molecular flexibility index (Phi) is 6.96. The number of benzene rings is 2. The molecule has 38 heavy (non-hydrogen) atoms. The molecular weight excluding hydrogens is 483 g/mol. The molecule has 1 aromatic heterocycles. The highest BCUT2D eigenvalue weighted by atomic mass is 19.1. The van der Waals surface area contributed by atoms with Crippen molar-refractivity contribution in [2.45, 2.75) is 13.0 Å². The largest absolute Gasteiger partial charge is 0.380 e. The average molecular weight is 509 g/mol. The molecule has 2 aliphatic heterocycles. The summed E-state index contributed by atoms with van der Waals surface area (Å²) >= 11 is 0. The zero-order chi connectivity index (χ0) is 26.6. The Labute approximate surface area is 219 Å². The third kappa shape index (κ3) is 4.64. The lowest BCUT2D eigenvalue weighted by molar-refractivity contribution is -0.144. The Morgan fingerprint density at radius 2 is 1.89 bits per heavy atom. The molecule has 0 saturated carbocycles. The molecule has 1 saturated heterocycles. The maximum Gasteiger partial charge on any atom is 0.295 e. The first kappa shape index (κ1) is 24.8. The molecule has 0 unspecified atom stereocenters. The molecule has 3 heterocycles. The summed E-state index contributed by atoms with van der Waals surface area (Å²) in [5.74, 6) is -1.49. The predicted octanol–water partition coefficient (Wildman–Crippen LogP) is 3.73. The second kappa shape index (κ2) is 10.6. The van der Waals surface area contributed by atoms with Crippen molar-refractivity contribution >= 4 is 28.8 Å². The topological polar surface area (TPSA) is 102 Å². The molecule has 0 radical (unpaired) electrons. The van der Waals surface area contributed by atoms with E-state index in [0.717, 1.165) is 5.56 Å². The maximum atomic E-state index is 15.1. The Balaban J connectivity index is 1.38. The summed E-state index contributed by atoms with van der Waals surface area (Å²) in [6.45, 7) is 3.17. The number of Topliss-reactive ketones (excluding diaryl/α,β-unsaturated/α-hetero) is 1. The highest BCUT2D eigenvalue weighted by Crippen LogP contribution is 2.38. The van der Waals surface area contributed by atoms with Gasteiger partial charge in [-0.3, -0.25) is 14.6 Å². The lowest BCUT2D eigenvalue weighted by Crippen LogP contribution is -2.57. The molecular formula is C29H25FN6O2. The number of hydrogen-bond acceptors (Lipinski definition) is 6. The number of aromatic nitrogens is 1. The van der Waals surface area contributed by atoms with E-state index in [1.54, 1.807) is 30.5 Å². The second-order valence-corrected chi connectivity index (χ2v) is 9.08. The number of nitrogens with one attached hydrogen (secondary N) is 1. The Morgan fingerprint density at radius 1 is 1.11 bits per heavy atom. The highest BCUT2D eigenvalue weighted by Gasteiger charge is 2.36. The summed E-state index contributed by atoms with van der Waals surface area (Å²) in [5, 5.41) is 12.4. The van der Waals surface area contributed by atoms with Crippen LogP contribution in [0.25, 0.3) is 16.8 Å². The molecule has 1 fully saturated rings. The third-order valence-electron chi connectivity index (χ3n) is 6.76. The molecule has 2 aromatic carbocycles. The summed E-state index contributed by atoms with van der Waals surface area (Å²) in [5.41, 5.74) is 2.66. The van der Waals surface area contributed by atoms with E-state index in [4.69, 9.17) is 0 Å². The number of hydrogen-bond donors (Lipinski definition) is 1. The minimum absolute atomic E-state index is 0.0460. The summed E-state index contributed by atoms with van der Waals surface area (Å²) in [6, 6.07) is 17.4. The number of aliphatic imine (C=N–C) groups is 1. The van der Waals surface area contributed by atoms with Gasteiger partial charge in [0.1, 0.15) is 11.7 Å². The van der Waals surface area contributed by atoms with Gasteiger partial charge < -0.3 is 15.1 Å². The molecule has 1 amide bonds. The van der Waals surface area contributed by atoms with Gasteiger partial charge in [0.05, 0.1) is 11.4 Å². The number of amidine groups is 1. The van der Waals surface area contributed by atoms with Gasteiger partial charge in [-0.05, 0) is 31.2 Å². The molecule has 9 heteroatoms. The van der Waals surface area contributed by atoms with Gasteiger partial charge in [-0.2, -0.15) is 10.3 Å². The van der Waals surface area contributed by atoms with Crippen LogP contribution in [0.15, 0.2) is 77.9 Å². The van der Waals surface area contributed by atoms with Crippen molar-refractivity contribution in [3.05, 3.63) is 89.9 Å². The number of carbonyl (C=O) groups excluding carboxylic acids is 2. The standard InChI is InChI=1S/C29H25FN6O2/c1-19-17-35(28(34-18-31)20-7-3-2-4-8-20)15-16-36(19)29(38)27(37)22-12-14-33-26-21(10-11-23(30)25(22)26)24-9-5-6-13-32-24/h2-13,19,33H,14-17H2,1H3/t19-/m0/s1. The number of anilines is 1. The third-order valence-corrected chi connectivity index (χ3v) is 6.76. The van der Waals surface area contributed by atoms with Crippen LogP contribution in [-0.4, -0.2) is 64.5 Å². The Bertz CT molecular complexity index is 1480. The van der Waals surface area contributed by atoms with Crippen LogP contribution in [0.5, 0.6) is 0 Å². The SMILES string of the molecule is C[C@H]1CN(C(=NC#N)c2ccccc2)CCN1C(=O)C(=O)C1=CCNc2c(-c3ccccn3)ccc(F)c21. The number of amides is 1. The molecule has 8 nitrogen and oxygen atoms in total. The fourth-order valence-corrected chi connectivity index (χ4v) is 4.97. The number of piperazine rings is 1. The van der Waals surface area contributed by atoms with Gasteiger partial charge in [-0.1, -0.05) is 42.5 Å². The van der Waals surface area contributed by atoms with Crippen molar-refractivity contribution < 1.29 is 14.0 Å². The van der Waals surface area contributed by atoms with Crippen molar-refractivity contribution in [3.8, 4) is 17.5 Å². The molecule has 1 atom stereocenters. The molecule has 2 aliphatic rings. The average Bonchev–Trinajstić information content (AvgIpc) is 2.96.